The van der Waals surface area contributed by atoms with Crippen LogP contribution in [-0.4, -0.2) is 31.4 Å². The molecule has 4 rings (SSSR count). The molecule has 1 aliphatic rings. The van der Waals surface area contributed by atoms with E-state index in [0.29, 0.717) is 17.8 Å². The summed E-state index contributed by atoms with van der Waals surface area (Å²) in [6, 6.07) is 24.8. The Morgan fingerprint density at radius 1 is 0.882 bits per heavy atom. The van der Waals surface area contributed by atoms with Crippen LogP contribution in [0.2, 0.25) is 0 Å². The van der Waals surface area contributed by atoms with Crippen molar-refractivity contribution in [2.24, 2.45) is 0 Å². The van der Waals surface area contributed by atoms with E-state index >= 15 is 0 Å². The predicted octanol–water partition coefficient (Wildman–Crippen LogP) is 5.57. The fourth-order valence-corrected chi connectivity index (χ4v) is 4.45. The van der Waals surface area contributed by atoms with E-state index in [-0.39, 0.29) is 11.8 Å². The highest BCUT2D eigenvalue weighted by Gasteiger charge is 2.21. The molecule has 0 aliphatic carbocycles. The molecule has 34 heavy (non-hydrogen) atoms. The molecule has 176 valence electrons. The molecular formula is C28H30ClN3O2. The molecule has 1 aliphatic heterocycles. The maximum Gasteiger partial charge on any atom is 0.253 e. The van der Waals surface area contributed by atoms with Gasteiger partial charge in [-0.2, -0.15) is 0 Å². The summed E-state index contributed by atoms with van der Waals surface area (Å²) in [6.45, 7) is 2.39. The summed E-state index contributed by atoms with van der Waals surface area (Å²) in [7, 11) is 0. The maximum absolute atomic E-state index is 13.2. The molecular weight excluding hydrogens is 446 g/mol. The lowest BCUT2D eigenvalue weighted by atomic mass is 10.1. The number of hydrogen-bond acceptors (Lipinski definition) is 3. The van der Waals surface area contributed by atoms with E-state index in [4.69, 9.17) is 11.6 Å². The van der Waals surface area contributed by atoms with Crippen LogP contribution in [0.3, 0.4) is 0 Å². The number of nitrogens with one attached hydrogen (secondary N) is 2. The first-order valence-electron chi connectivity index (χ1n) is 11.8. The molecule has 1 atom stereocenters. The van der Waals surface area contributed by atoms with Crippen LogP contribution in [0.5, 0.6) is 0 Å². The molecule has 2 amide bonds. The number of nitrogens with zero attached hydrogens (tertiary/aromatic N) is 1. The first-order valence-corrected chi connectivity index (χ1v) is 12.3. The van der Waals surface area contributed by atoms with Gasteiger partial charge in [0.25, 0.3) is 5.91 Å². The normalized spacial score (nSPS) is 14.3. The number of benzene rings is 3. The van der Waals surface area contributed by atoms with Gasteiger partial charge >= 0.3 is 0 Å². The minimum Gasteiger partial charge on any atom is -0.371 e. The van der Waals surface area contributed by atoms with Gasteiger partial charge in [-0.25, -0.2) is 0 Å². The summed E-state index contributed by atoms with van der Waals surface area (Å²) in [5.41, 5.74) is 3.93. The molecule has 0 aromatic heterocycles. The zero-order chi connectivity index (χ0) is 23.8. The average molecular weight is 476 g/mol. The number of alkyl halides is 1. The molecule has 0 spiro atoms. The van der Waals surface area contributed by atoms with Gasteiger partial charge in [-0.3, -0.25) is 9.59 Å². The van der Waals surface area contributed by atoms with E-state index in [1.54, 1.807) is 6.07 Å². The van der Waals surface area contributed by atoms with Crippen LogP contribution >= 0.6 is 11.6 Å². The molecule has 2 N–H and O–H groups in total. The highest BCUT2D eigenvalue weighted by Crippen LogP contribution is 2.29. The van der Waals surface area contributed by atoms with Crippen LogP contribution in [0.4, 0.5) is 11.4 Å². The van der Waals surface area contributed by atoms with E-state index in [9.17, 15) is 9.59 Å². The summed E-state index contributed by atoms with van der Waals surface area (Å²) in [5, 5.41) is 5.12. The zero-order valence-corrected chi connectivity index (χ0v) is 19.9. The van der Waals surface area contributed by atoms with Crippen LogP contribution in [0, 0.1) is 0 Å². The highest BCUT2D eigenvalue weighted by atomic mass is 35.5. The number of anilines is 2. The molecule has 1 unspecified atom stereocenters. The van der Waals surface area contributed by atoms with Gasteiger partial charge in [0.05, 0.1) is 5.56 Å². The molecule has 0 radical (unpaired) electrons. The van der Waals surface area contributed by atoms with Crippen molar-refractivity contribution < 1.29 is 9.59 Å². The van der Waals surface area contributed by atoms with E-state index in [0.717, 1.165) is 43.6 Å². The fourth-order valence-electron chi connectivity index (χ4n) is 4.25. The van der Waals surface area contributed by atoms with Crippen LogP contribution in [0.1, 0.15) is 46.1 Å². The molecule has 3 aromatic rings. The Hall–Kier alpha value is -3.31. The summed E-state index contributed by atoms with van der Waals surface area (Å²) >= 11 is 6.39. The molecule has 0 bridgehead atoms. The molecule has 1 saturated heterocycles. The van der Waals surface area contributed by atoms with E-state index in [1.807, 2.05) is 60.7 Å². The number of piperidine rings is 1. The minimum absolute atomic E-state index is 0.141. The lowest BCUT2D eigenvalue weighted by Gasteiger charge is -2.30. The summed E-state index contributed by atoms with van der Waals surface area (Å²) < 4.78 is 0. The van der Waals surface area contributed by atoms with Crippen molar-refractivity contribution in [2.45, 2.75) is 31.1 Å². The van der Waals surface area contributed by atoms with E-state index < -0.39 is 5.38 Å². The Kier molecular flexibility index (Phi) is 8.21. The van der Waals surface area contributed by atoms with Gasteiger partial charge < -0.3 is 15.5 Å². The zero-order valence-electron chi connectivity index (χ0n) is 19.2. The van der Waals surface area contributed by atoms with Crippen molar-refractivity contribution in [3.8, 4) is 0 Å². The van der Waals surface area contributed by atoms with Crippen molar-refractivity contribution in [2.75, 3.05) is 29.9 Å². The second-order valence-corrected chi connectivity index (χ2v) is 8.97. The van der Waals surface area contributed by atoms with Crippen molar-refractivity contribution in [3.05, 3.63) is 95.6 Å². The number of hydrogen-bond donors (Lipinski definition) is 2. The van der Waals surface area contributed by atoms with Crippen molar-refractivity contribution in [1.82, 2.24) is 5.32 Å². The van der Waals surface area contributed by atoms with Crippen LogP contribution in [0.25, 0.3) is 0 Å². The summed E-state index contributed by atoms with van der Waals surface area (Å²) in [4.78, 5) is 28.2. The molecule has 1 heterocycles. The SMILES string of the molecule is O=C(NCCc1ccccc1)c1cc(NC(=O)C(Cl)c2ccccc2)ccc1N1CCCCC1. The van der Waals surface area contributed by atoms with Crippen LogP contribution < -0.4 is 15.5 Å². The Bertz CT molecular complexity index is 1100. The highest BCUT2D eigenvalue weighted by molar-refractivity contribution is 6.32. The van der Waals surface area contributed by atoms with E-state index in [1.165, 1.54) is 12.0 Å². The van der Waals surface area contributed by atoms with Crippen molar-refractivity contribution in [1.29, 1.82) is 0 Å². The quantitative estimate of drug-likeness (QED) is 0.419. The molecule has 6 heteroatoms. The Morgan fingerprint density at radius 2 is 1.56 bits per heavy atom. The number of amides is 2. The van der Waals surface area contributed by atoms with Gasteiger partial charge in [-0.15, -0.1) is 11.6 Å². The van der Waals surface area contributed by atoms with Gasteiger partial charge in [0, 0.05) is 31.0 Å². The minimum atomic E-state index is -0.814. The van der Waals surface area contributed by atoms with Gasteiger partial charge in [0.2, 0.25) is 5.91 Å². The number of carbonyl (C=O) groups excluding carboxylic acids is 2. The standard InChI is InChI=1S/C28H30ClN3O2/c29-26(22-12-6-2-7-13-22)28(34)31-23-14-15-25(32-18-8-3-9-19-32)24(20-23)27(33)30-17-16-21-10-4-1-5-11-21/h1-2,4-7,10-15,20,26H,3,8-9,16-19H2,(H,30,33)(H,31,34). The number of rotatable bonds is 8. The monoisotopic (exact) mass is 475 g/mol. The number of carbonyl (C=O) groups is 2. The van der Waals surface area contributed by atoms with Crippen LogP contribution in [-0.2, 0) is 11.2 Å². The summed E-state index contributed by atoms with van der Waals surface area (Å²) in [6.07, 6.45) is 4.18. The first-order chi connectivity index (χ1) is 16.6. The smallest absolute Gasteiger partial charge is 0.253 e. The van der Waals surface area contributed by atoms with Crippen molar-refractivity contribution >= 4 is 34.8 Å². The van der Waals surface area contributed by atoms with Gasteiger partial charge in [-0.1, -0.05) is 60.7 Å². The molecule has 0 saturated carbocycles. The van der Waals surface area contributed by atoms with Gasteiger partial charge in [-0.05, 0) is 55.0 Å². The van der Waals surface area contributed by atoms with E-state index in [2.05, 4.69) is 27.7 Å². The largest absolute Gasteiger partial charge is 0.371 e. The summed E-state index contributed by atoms with van der Waals surface area (Å²) in [5.74, 6) is -0.466. The predicted molar refractivity (Wildman–Crippen MR) is 139 cm³/mol. The maximum atomic E-state index is 13.2. The second kappa shape index (κ2) is 11.7. The fraction of sp³-hybridized carbons (Fsp3) is 0.286. The lowest BCUT2D eigenvalue weighted by Crippen LogP contribution is -2.33. The Labute approximate surface area is 206 Å². The second-order valence-electron chi connectivity index (χ2n) is 8.53. The third-order valence-electron chi connectivity index (χ3n) is 6.07. The van der Waals surface area contributed by atoms with Gasteiger partial charge in [0.15, 0.2) is 0 Å². The Morgan fingerprint density at radius 3 is 2.26 bits per heavy atom. The lowest BCUT2D eigenvalue weighted by molar-refractivity contribution is -0.116. The third-order valence-corrected chi connectivity index (χ3v) is 6.52. The molecule has 3 aromatic carbocycles. The topological polar surface area (TPSA) is 61.4 Å². The number of halogens is 1. The molecule has 5 nitrogen and oxygen atoms in total. The third kappa shape index (κ3) is 6.17. The van der Waals surface area contributed by atoms with Crippen LogP contribution in [0.15, 0.2) is 78.9 Å². The molecule has 1 fully saturated rings. The average Bonchev–Trinajstić information content (AvgIpc) is 2.89. The van der Waals surface area contributed by atoms with Gasteiger partial charge in [0.1, 0.15) is 5.38 Å². The Balaban J connectivity index is 1.50. The first kappa shape index (κ1) is 23.8. The van der Waals surface area contributed by atoms with Crippen molar-refractivity contribution in [3.63, 3.8) is 0 Å².